The second-order valence-electron chi connectivity index (χ2n) is 7.15. The average Bonchev–Trinajstić information content (AvgIpc) is 2.76. The van der Waals surface area contributed by atoms with Crippen LogP contribution in [0.4, 0.5) is 0 Å². The molecule has 2 aliphatic rings. The maximum Gasteiger partial charge on any atom is -0.00286 e. The van der Waals surface area contributed by atoms with Gasteiger partial charge in [0, 0.05) is 0 Å². The minimum atomic E-state index is 0.199. The van der Waals surface area contributed by atoms with Gasteiger partial charge in [-0.1, -0.05) is 74.6 Å². The van der Waals surface area contributed by atoms with Gasteiger partial charge in [0.05, 0.1) is 0 Å². The molecule has 3 rings (SSSR count). The summed E-state index contributed by atoms with van der Waals surface area (Å²) in [5, 5.41) is 0. The summed E-state index contributed by atoms with van der Waals surface area (Å²) < 4.78 is 1.48. The van der Waals surface area contributed by atoms with Gasteiger partial charge in [-0.3, -0.25) is 0 Å². The molecule has 0 bridgehead atoms. The van der Waals surface area contributed by atoms with Crippen molar-refractivity contribution in [2.45, 2.75) is 44.9 Å². The van der Waals surface area contributed by atoms with Crippen molar-refractivity contribution in [1.29, 1.82) is 0 Å². The van der Waals surface area contributed by atoms with E-state index in [1.807, 2.05) is 6.08 Å². The Balaban J connectivity index is 1.86. The molecule has 0 fully saturated rings. The maximum absolute atomic E-state index is 3.94. The zero-order valence-corrected chi connectivity index (χ0v) is 16.3. The van der Waals surface area contributed by atoms with Crippen LogP contribution in [0.1, 0.15) is 50.7 Å². The van der Waals surface area contributed by atoms with E-state index in [4.69, 9.17) is 0 Å². The van der Waals surface area contributed by atoms with Crippen LogP contribution in [0.2, 0.25) is 0 Å². The molecular weight excluding hydrogens is 391 g/mol. The third-order valence-corrected chi connectivity index (χ3v) is 6.31. The van der Waals surface area contributed by atoms with Crippen LogP contribution in [0.25, 0.3) is 5.57 Å². The second kappa shape index (κ2) is 6.80. The summed E-state index contributed by atoms with van der Waals surface area (Å²) in [4.78, 5) is 0. The third-order valence-electron chi connectivity index (χ3n) is 5.42. The minimum Gasteiger partial charge on any atom is -0.0991 e. The Morgan fingerprint density at radius 1 is 1.22 bits per heavy atom. The molecule has 0 spiro atoms. The van der Waals surface area contributed by atoms with Gasteiger partial charge in [0.2, 0.25) is 0 Å². The normalized spacial score (nSPS) is 24.1. The quantitative estimate of drug-likeness (QED) is 0.465. The van der Waals surface area contributed by atoms with Crippen LogP contribution < -0.4 is 0 Å². The molecule has 120 valence electrons. The summed E-state index contributed by atoms with van der Waals surface area (Å²) >= 11 is 2.45. The molecular formula is C22H25I. The Labute approximate surface area is 154 Å². The first kappa shape index (κ1) is 16.8. The molecule has 0 aliphatic heterocycles. The average molecular weight is 416 g/mol. The van der Waals surface area contributed by atoms with Crippen molar-refractivity contribution in [2.24, 2.45) is 5.92 Å². The van der Waals surface area contributed by atoms with E-state index in [1.54, 1.807) is 5.57 Å². The number of benzene rings is 1. The van der Waals surface area contributed by atoms with E-state index in [2.05, 4.69) is 85.5 Å². The summed E-state index contributed by atoms with van der Waals surface area (Å²) in [7, 11) is 0. The Hall–Kier alpha value is -1.09. The lowest BCUT2D eigenvalue weighted by Gasteiger charge is -2.29. The van der Waals surface area contributed by atoms with Crippen LogP contribution in [-0.4, -0.2) is 0 Å². The van der Waals surface area contributed by atoms with Crippen molar-refractivity contribution in [3.8, 4) is 0 Å². The molecule has 1 aromatic rings. The van der Waals surface area contributed by atoms with Crippen LogP contribution in [-0.2, 0) is 5.41 Å². The maximum atomic E-state index is 3.94. The minimum absolute atomic E-state index is 0.199. The van der Waals surface area contributed by atoms with Crippen molar-refractivity contribution in [3.05, 3.63) is 75.4 Å². The first-order valence-electron chi connectivity index (χ1n) is 8.50. The Morgan fingerprint density at radius 2 is 2.00 bits per heavy atom. The zero-order chi connectivity index (χ0) is 16.4. The second-order valence-corrected chi connectivity index (χ2v) is 8.54. The summed E-state index contributed by atoms with van der Waals surface area (Å²) in [5.74, 6) is 0.573. The number of fused-ring (bicyclic) bond motifs is 1. The lowest BCUT2D eigenvalue weighted by atomic mass is 9.74. The first-order valence-corrected chi connectivity index (χ1v) is 9.58. The lowest BCUT2D eigenvalue weighted by molar-refractivity contribution is 0.389. The van der Waals surface area contributed by atoms with Crippen LogP contribution in [0, 0.1) is 5.92 Å². The van der Waals surface area contributed by atoms with E-state index >= 15 is 0 Å². The number of rotatable bonds is 4. The van der Waals surface area contributed by atoms with Gasteiger partial charge in [-0.05, 0) is 79.9 Å². The molecule has 0 N–H and O–H groups in total. The van der Waals surface area contributed by atoms with Crippen molar-refractivity contribution >= 4 is 28.2 Å². The van der Waals surface area contributed by atoms with Crippen LogP contribution >= 0.6 is 22.6 Å². The number of hydrogen-bond acceptors (Lipinski definition) is 0. The highest BCUT2D eigenvalue weighted by Crippen LogP contribution is 2.52. The standard InChI is InChI=1S/C22H25I/c1-4-7-18-19-8-5-6-9-20(19)22(2,3)21(18)15-12-16-10-13-17(23)14-11-16/h4-10,13,21H,1,11-12,14-15H2,2-3H3/b18-7-. The SMILES string of the molecule is C=C/C=C1/c2ccccc2C(C)(C)C1CCC1=CC=C(I)CC1. The van der Waals surface area contributed by atoms with Gasteiger partial charge in [0.1, 0.15) is 0 Å². The van der Waals surface area contributed by atoms with Gasteiger partial charge in [-0.25, -0.2) is 0 Å². The molecule has 0 saturated heterocycles. The fourth-order valence-electron chi connectivity index (χ4n) is 4.10. The summed E-state index contributed by atoms with van der Waals surface area (Å²) in [6, 6.07) is 8.91. The van der Waals surface area contributed by atoms with Gasteiger partial charge in [-0.15, -0.1) is 0 Å². The van der Waals surface area contributed by atoms with Crippen LogP contribution in [0.3, 0.4) is 0 Å². The monoisotopic (exact) mass is 416 g/mol. The van der Waals surface area contributed by atoms with Crippen LogP contribution in [0.5, 0.6) is 0 Å². The molecule has 23 heavy (non-hydrogen) atoms. The predicted molar refractivity (Wildman–Crippen MR) is 110 cm³/mol. The van der Waals surface area contributed by atoms with Gasteiger partial charge in [0.15, 0.2) is 0 Å². The molecule has 2 aliphatic carbocycles. The molecule has 0 radical (unpaired) electrons. The van der Waals surface area contributed by atoms with E-state index in [-0.39, 0.29) is 5.41 Å². The van der Waals surface area contributed by atoms with E-state index in [9.17, 15) is 0 Å². The predicted octanol–water partition coefficient (Wildman–Crippen LogP) is 6.98. The van der Waals surface area contributed by atoms with E-state index in [0.717, 1.165) is 0 Å². The molecule has 0 nitrogen and oxygen atoms in total. The summed E-state index contributed by atoms with van der Waals surface area (Å²) in [6.45, 7) is 8.74. The fourth-order valence-corrected chi connectivity index (χ4v) is 4.55. The molecule has 1 heteroatoms. The van der Waals surface area contributed by atoms with Crippen LogP contribution in [0.15, 0.2) is 64.3 Å². The highest BCUT2D eigenvalue weighted by atomic mass is 127. The van der Waals surface area contributed by atoms with Gasteiger partial charge < -0.3 is 0 Å². The Morgan fingerprint density at radius 3 is 2.70 bits per heavy atom. The number of allylic oxidation sites excluding steroid dienone is 7. The number of halogens is 1. The van der Waals surface area contributed by atoms with E-state index < -0.39 is 0 Å². The van der Waals surface area contributed by atoms with Crippen molar-refractivity contribution in [1.82, 2.24) is 0 Å². The molecule has 1 unspecified atom stereocenters. The number of hydrogen-bond donors (Lipinski definition) is 0. The topological polar surface area (TPSA) is 0 Å². The van der Waals surface area contributed by atoms with E-state index in [0.29, 0.717) is 5.92 Å². The third kappa shape index (κ3) is 3.26. The largest absolute Gasteiger partial charge is 0.0991 e. The first-order chi connectivity index (χ1) is 11.0. The summed E-state index contributed by atoms with van der Waals surface area (Å²) in [6.07, 6.45) is 13.7. The smallest absolute Gasteiger partial charge is 0.00286 e. The lowest BCUT2D eigenvalue weighted by Crippen LogP contribution is -2.23. The highest BCUT2D eigenvalue weighted by Gasteiger charge is 2.41. The molecule has 1 atom stereocenters. The van der Waals surface area contributed by atoms with E-state index in [1.165, 1.54) is 46.0 Å². The molecule has 0 saturated carbocycles. The molecule has 1 aromatic carbocycles. The zero-order valence-electron chi connectivity index (χ0n) is 14.1. The summed E-state index contributed by atoms with van der Waals surface area (Å²) in [5.41, 5.74) is 6.20. The fraction of sp³-hybridized carbons (Fsp3) is 0.364. The van der Waals surface area contributed by atoms with Crippen molar-refractivity contribution in [2.75, 3.05) is 0 Å². The Kier molecular flexibility index (Phi) is 4.96. The van der Waals surface area contributed by atoms with Gasteiger partial charge in [-0.2, -0.15) is 0 Å². The highest BCUT2D eigenvalue weighted by molar-refractivity contribution is 14.1. The molecule has 0 aromatic heterocycles. The van der Waals surface area contributed by atoms with Gasteiger partial charge in [0.25, 0.3) is 0 Å². The Bertz CT molecular complexity index is 700. The molecule has 0 amide bonds. The van der Waals surface area contributed by atoms with Crippen molar-refractivity contribution < 1.29 is 0 Å². The van der Waals surface area contributed by atoms with Gasteiger partial charge >= 0.3 is 0 Å². The molecule has 0 heterocycles. The van der Waals surface area contributed by atoms with Crippen molar-refractivity contribution in [3.63, 3.8) is 0 Å².